The van der Waals surface area contributed by atoms with E-state index in [1.807, 2.05) is 0 Å². The molecule has 0 aromatic heterocycles. The normalized spacial score (nSPS) is 37.9. The molecule has 1 saturated carbocycles. The van der Waals surface area contributed by atoms with Gasteiger partial charge in [-0.15, -0.1) is 0 Å². The maximum atomic E-state index is 9.53. The summed E-state index contributed by atoms with van der Waals surface area (Å²) in [4.78, 5) is 2.37. The number of hydrogen-bond donors (Lipinski definition) is 1. The molecule has 3 rings (SSSR count). The first-order chi connectivity index (χ1) is 8.26. The van der Waals surface area contributed by atoms with Crippen molar-refractivity contribution in [1.82, 2.24) is 4.90 Å². The number of aliphatic hydroxyl groups is 1. The first kappa shape index (κ1) is 11.9. The van der Waals surface area contributed by atoms with Gasteiger partial charge in [-0.1, -0.05) is 19.3 Å². The second kappa shape index (κ2) is 4.87. The molecule has 98 valence electrons. The van der Waals surface area contributed by atoms with Crippen LogP contribution in [0.3, 0.4) is 0 Å². The van der Waals surface area contributed by atoms with Crippen LogP contribution in [0, 0.1) is 0 Å². The zero-order valence-corrected chi connectivity index (χ0v) is 10.7. The quantitative estimate of drug-likeness (QED) is 0.799. The predicted molar refractivity (Wildman–Crippen MR) is 67.0 cm³/mol. The largest absolute Gasteiger partial charge is 0.392 e. The molecule has 3 nitrogen and oxygen atoms in total. The molecule has 3 aliphatic rings. The second-order valence-corrected chi connectivity index (χ2v) is 6.22. The van der Waals surface area contributed by atoms with Crippen LogP contribution in [-0.2, 0) is 4.74 Å². The van der Waals surface area contributed by atoms with Crippen LogP contribution >= 0.6 is 0 Å². The third-order valence-electron chi connectivity index (χ3n) is 4.81. The van der Waals surface area contributed by atoms with Gasteiger partial charge in [-0.2, -0.15) is 0 Å². The van der Waals surface area contributed by atoms with Crippen molar-refractivity contribution in [3.8, 4) is 0 Å². The lowest BCUT2D eigenvalue weighted by Gasteiger charge is -2.34. The second-order valence-electron chi connectivity index (χ2n) is 6.22. The number of hydrogen-bond acceptors (Lipinski definition) is 3. The molecule has 2 unspecified atom stereocenters. The average Bonchev–Trinajstić information content (AvgIpc) is 2.89. The van der Waals surface area contributed by atoms with E-state index in [0.717, 1.165) is 26.1 Å². The van der Waals surface area contributed by atoms with E-state index in [1.54, 1.807) is 0 Å². The summed E-state index contributed by atoms with van der Waals surface area (Å²) in [6.07, 6.45) is 10.5. The number of ether oxygens (including phenoxy) is 1. The third-order valence-corrected chi connectivity index (χ3v) is 4.81. The van der Waals surface area contributed by atoms with Gasteiger partial charge in [-0.25, -0.2) is 0 Å². The van der Waals surface area contributed by atoms with Crippen LogP contribution in [-0.4, -0.2) is 47.4 Å². The van der Waals surface area contributed by atoms with Crippen LogP contribution in [0.4, 0.5) is 0 Å². The molecular formula is C14H25NO2. The smallest absolute Gasteiger partial charge is 0.0710 e. The van der Waals surface area contributed by atoms with E-state index in [2.05, 4.69) is 4.90 Å². The lowest BCUT2D eigenvalue weighted by molar-refractivity contribution is -0.0708. The number of rotatable bonds is 2. The molecule has 2 saturated heterocycles. The Morgan fingerprint density at radius 2 is 1.94 bits per heavy atom. The van der Waals surface area contributed by atoms with Crippen LogP contribution in [0.5, 0.6) is 0 Å². The Kier molecular flexibility index (Phi) is 3.42. The lowest BCUT2D eigenvalue weighted by atomic mass is 9.83. The average molecular weight is 239 g/mol. The van der Waals surface area contributed by atoms with Gasteiger partial charge < -0.3 is 9.84 Å². The molecule has 3 heteroatoms. The van der Waals surface area contributed by atoms with Gasteiger partial charge in [0.25, 0.3) is 0 Å². The molecule has 3 fully saturated rings. The topological polar surface area (TPSA) is 32.7 Å². The fourth-order valence-corrected chi connectivity index (χ4v) is 3.85. The number of likely N-dealkylation sites (tertiary alicyclic amines) is 1. The van der Waals surface area contributed by atoms with Gasteiger partial charge >= 0.3 is 0 Å². The molecule has 0 amide bonds. The summed E-state index contributed by atoms with van der Waals surface area (Å²) in [5.74, 6) is 0. The highest BCUT2D eigenvalue weighted by atomic mass is 16.5. The van der Waals surface area contributed by atoms with Gasteiger partial charge in [0.15, 0.2) is 0 Å². The molecular weight excluding hydrogens is 214 g/mol. The van der Waals surface area contributed by atoms with E-state index in [0.29, 0.717) is 6.10 Å². The van der Waals surface area contributed by atoms with E-state index in [1.165, 1.54) is 44.9 Å². The molecule has 2 heterocycles. The summed E-state index contributed by atoms with van der Waals surface area (Å²) in [5, 5.41) is 9.53. The summed E-state index contributed by atoms with van der Waals surface area (Å²) in [6, 6.07) is 0. The van der Waals surface area contributed by atoms with E-state index in [-0.39, 0.29) is 11.7 Å². The molecule has 0 aromatic carbocycles. The number of aliphatic hydroxyl groups excluding tert-OH is 1. The fourth-order valence-electron chi connectivity index (χ4n) is 3.85. The van der Waals surface area contributed by atoms with E-state index in [4.69, 9.17) is 4.74 Å². The van der Waals surface area contributed by atoms with Gasteiger partial charge in [0, 0.05) is 19.6 Å². The van der Waals surface area contributed by atoms with E-state index >= 15 is 0 Å². The van der Waals surface area contributed by atoms with Crippen molar-refractivity contribution in [2.45, 2.75) is 69.2 Å². The van der Waals surface area contributed by atoms with Crippen molar-refractivity contribution in [2.24, 2.45) is 0 Å². The predicted octanol–water partition coefficient (Wildman–Crippen LogP) is 1.93. The Balaban J connectivity index is 1.50. The van der Waals surface area contributed by atoms with Crippen LogP contribution in [0.1, 0.15) is 51.4 Å². The van der Waals surface area contributed by atoms with Gasteiger partial charge in [0.05, 0.1) is 17.8 Å². The zero-order chi connectivity index (χ0) is 11.7. The van der Waals surface area contributed by atoms with Crippen LogP contribution in [0.15, 0.2) is 0 Å². The Morgan fingerprint density at radius 3 is 2.65 bits per heavy atom. The molecule has 1 spiro atoms. The van der Waals surface area contributed by atoms with Gasteiger partial charge in [-0.3, -0.25) is 4.90 Å². The highest BCUT2D eigenvalue weighted by Gasteiger charge is 2.41. The molecule has 2 atom stereocenters. The highest BCUT2D eigenvalue weighted by molar-refractivity contribution is 4.92. The fraction of sp³-hybridized carbons (Fsp3) is 1.00. The van der Waals surface area contributed by atoms with Crippen molar-refractivity contribution < 1.29 is 9.84 Å². The summed E-state index contributed by atoms with van der Waals surface area (Å²) >= 11 is 0. The van der Waals surface area contributed by atoms with Crippen molar-refractivity contribution >= 4 is 0 Å². The molecule has 2 aliphatic heterocycles. The summed E-state index contributed by atoms with van der Waals surface area (Å²) < 4.78 is 6.36. The minimum Gasteiger partial charge on any atom is -0.392 e. The summed E-state index contributed by atoms with van der Waals surface area (Å²) in [7, 11) is 0. The first-order valence-electron chi connectivity index (χ1n) is 7.34. The van der Waals surface area contributed by atoms with Gasteiger partial charge in [0.2, 0.25) is 0 Å². The highest BCUT2D eigenvalue weighted by Crippen LogP contribution is 2.42. The van der Waals surface area contributed by atoms with E-state index < -0.39 is 0 Å². The van der Waals surface area contributed by atoms with Crippen molar-refractivity contribution in [1.29, 1.82) is 0 Å². The molecule has 0 bridgehead atoms. The monoisotopic (exact) mass is 239 g/mol. The summed E-state index contributed by atoms with van der Waals surface area (Å²) in [6.45, 7) is 2.94. The zero-order valence-electron chi connectivity index (χ0n) is 10.7. The number of β-amino-alcohol motifs (C(OH)–C–C–N with tert-alkyl or cyclic N) is 1. The van der Waals surface area contributed by atoms with Crippen LogP contribution in [0.25, 0.3) is 0 Å². The maximum Gasteiger partial charge on any atom is 0.0710 e. The molecule has 1 aliphatic carbocycles. The Hall–Kier alpha value is -0.120. The Labute approximate surface area is 104 Å². The first-order valence-corrected chi connectivity index (χ1v) is 7.34. The van der Waals surface area contributed by atoms with Gasteiger partial charge in [-0.05, 0) is 32.1 Å². The van der Waals surface area contributed by atoms with Gasteiger partial charge in [0.1, 0.15) is 0 Å². The van der Waals surface area contributed by atoms with E-state index in [9.17, 15) is 5.11 Å². The van der Waals surface area contributed by atoms with Crippen LogP contribution < -0.4 is 0 Å². The van der Waals surface area contributed by atoms with Crippen LogP contribution in [0.2, 0.25) is 0 Å². The minimum atomic E-state index is -0.0972. The molecule has 0 aromatic rings. The van der Waals surface area contributed by atoms with Crippen molar-refractivity contribution in [2.75, 3.05) is 19.6 Å². The summed E-state index contributed by atoms with van der Waals surface area (Å²) in [5.41, 5.74) is 0.251. The molecule has 0 radical (unpaired) electrons. The number of nitrogens with zero attached hydrogens (tertiary/aromatic N) is 1. The Morgan fingerprint density at radius 1 is 1.12 bits per heavy atom. The standard InChI is InChI=1S/C14H25NO2/c16-12-5-9-15(10-12)11-13-4-8-14(17-13)6-2-1-3-7-14/h12-13,16H,1-11H2. The third kappa shape index (κ3) is 2.67. The minimum absolute atomic E-state index is 0.0972. The lowest BCUT2D eigenvalue weighted by Crippen LogP contribution is -2.36. The maximum absolute atomic E-state index is 9.53. The SMILES string of the molecule is OC1CCN(CC2CCC3(CCCCC3)O2)C1. The van der Waals surface area contributed by atoms with Crippen molar-refractivity contribution in [3.63, 3.8) is 0 Å². The molecule has 17 heavy (non-hydrogen) atoms. The van der Waals surface area contributed by atoms with Crippen molar-refractivity contribution in [3.05, 3.63) is 0 Å². The molecule has 1 N–H and O–H groups in total. The Bertz CT molecular complexity index is 263.